The number of nitrogen functional groups attached to an aromatic ring is 1. The van der Waals surface area contributed by atoms with Crippen LogP contribution in [0.1, 0.15) is 24.8 Å². The number of aromatic nitrogens is 6. The zero-order valence-electron chi connectivity index (χ0n) is 19.4. The third-order valence-electron chi connectivity index (χ3n) is 6.22. The summed E-state index contributed by atoms with van der Waals surface area (Å²) in [6, 6.07) is 4.27. The zero-order chi connectivity index (χ0) is 27.8. The molecule has 0 spiro atoms. The van der Waals surface area contributed by atoms with Gasteiger partial charge in [0.05, 0.1) is 11.1 Å². The van der Waals surface area contributed by atoms with Crippen molar-refractivity contribution in [2.45, 2.75) is 37.4 Å². The number of carbonyl (C=O) groups is 1. The van der Waals surface area contributed by atoms with Crippen LogP contribution in [0.5, 0.6) is 0 Å². The van der Waals surface area contributed by atoms with Crippen molar-refractivity contribution in [3.8, 4) is 11.5 Å². The molecule has 1 aromatic carbocycles. The number of fused-ring (bicyclic) bond motifs is 2. The summed E-state index contributed by atoms with van der Waals surface area (Å²) in [6.07, 6.45) is -7.30. The molecule has 0 radical (unpaired) electrons. The van der Waals surface area contributed by atoms with Crippen LogP contribution >= 0.6 is 11.6 Å². The molecule has 4 heterocycles. The molecule has 0 aliphatic carbocycles. The molecule has 17 heteroatoms. The highest BCUT2D eigenvalue weighted by Crippen LogP contribution is 2.44. The SMILES string of the molecule is Cn1nc(C2(C)C(=O)Nc3nc(-c4nn(CCC(F)(F)C(F)(F)F)c5cc(Cl)ccc45)nc(N)c32)oc1=O. The Morgan fingerprint density at radius 2 is 1.87 bits per heavy atom. The van der Waals surface area contributed by atoms with Crippen LogP contribution in [-0.4, -0.2) is 47.5 Å². The lowest BCUT2D eigenvalue weighted by Gasteiger charge is -2.19. The van der Waals surface area contributed by atoms with Gasteiger partial charge in [-0.2, -0.15) is 31.7 Å². The number of nitrogens with one attached hydrogen (secondary N) is 1. The number of benzene rings is 1. The maximum atomic E-state index is 13.6. The zero-order valence-corrected chi connectivity index (χ0v) is 20.2. The second kappa shape index (κ2) is 8.21. The van der Waals surface area contributed by atoms with E-state index in [1.165, 1.54) is 32.2 Å². The molecule has 0 saturated carbocycles. The van der Waals surface area contributed by atoms with Gasteiger partial charge in [-0.15, -0.1) is 5.10 Å². The monoisotopic (exact) mass is 558 g/mol. The standard InChI is InChI=1S/C21H16ClF5N8O3/c1-19(17-33-34(2)18(37)38-17)11-13(28)29-15(30-14(11)31-16(19)36)12-9-4-3-8(22)7-10(9)35(32-12)6-5-20(23,24)21(25,26)27/h3-4,7H,5-6H2,1-2H3,(H3,28,29,30,31,36). The molecule has 1 atom stereocenters. The fraction of sp³-hybridized carbons (Fsp3) is 0.333. The fourth-order valence-corrected chi connectivity index (χ4v) is 4.30. The van der Waals surface area contributed by atoms with Crippen LogP contribution in [-0.2, 0) is 23.8 Å². The van der Waals surface area contributed by atoms with Crippen molar-refractivity contribution in [2.75, 3.05) is 11.1 Å². The molecule has 0 fully saturated rings. The molecule has 200 valence electrons. The third kappa shape index (κ3) is 3.77. The van der Waals surface area contributed by atoms with Gasteiger partial charge in [-0.3, -0.25) is 9.48 Å². The summed E-state index contributed by atoms with van der Waals surface area (Å²) in [6.45, 7) is 0.600. The molecule has 1 aliphatic heterocycles. The second-order valence-electron chi connectivity index (χ2n) is 8.72. The summed E-state index contributed by atoms with van der Waals surface area (Å²) in [5.74, 6) is -7.09. The van der Waals surface area contributed by atoms with Crippen molar-refractivity contribution in [2.24, 2.45) is 7.05 Å². The van der Waals surface area contributed by atoms with Crippen molar-refractivity contribution < 1.29 is 31.2 Å². The fourth-order valence-electron chi connectivity index (χ4n) is 4.14. The number of rotatable bonds is 5. The highest BCUT2D eigenvalue weighted by atomic mass is 35.5. The van der Waals surface area contributed by atoms with Gasteiger partial charge in [-0.25, -0.2) is 14.8 Å². The molecule has 4 aromatic rings. The Balaban J connectivity index is 1.61. The van der Waals surface area contributed by atoms with Gasteiger partial charge in [0.2, 0.25) is 11.8 Å². The minimum atomic E-state index is -5.73. The van der Waals surface area contributed by atoms with E-state index in [2.05, 4.69) is 25.5 Å². The van der Waals surface area contributed by atoms with Gasteiger partial charge >= 0.3 is 17.9 Å². The number of nitrogens with two attached hydrogens (primary N) is 1. The number of aryl methyl sites for hydroxylation is 2. The van der Waals surface area contributed by atoms with E-state index in [9.17, 15) is 31.5 Å². The van der Waals surface area contributed by atoms with Gasteiger partial charge in [0.25, 0.3) is 0 Å². The molecule has 3 N–H and O–H groups in total. The van der Waals surface area contributed by atoms with Gasteiger partial charge < -0.3 is 15.5 Å². The first-order valence-electron chi connectivity index (χ1n) is 10.8. The summed E-state index contributed by atoms with van der Waals surface area (Å²) >= 11 is 6.02. The van der Waals surface area contributed by atoms with Crippen LogP contribution in [0, 0.1) is 0 Å². The number of hydrogen-bond donors (Lipinski definition) is 2. The number of anilines is 2. The maximum Gasteiger partial charge on any atom is 0.453 e. The van der Waals surface area contributed by atoms with E-state index in [1.807, 2.05) is 0 Å². The van der Waals surface area contributed by atoms with Gasteiger partial charge in [0, 0.05) is 30.4 Å². The Labute approximate surface area is 213 Å². The number of halogens is 6. The molecule has 1 amide bonds. The number of alkyl halides is 5. The molecular weight excluding hydrogens is 543 g/mol. The molecule has 5 rings (SSSR count). The normalized spacial score (nSPS) is 17.7. The highest BCUT2D eigenvalue weighted by molar-refractivity contribution is 6.31. The van der Waals surface area contributed by atoms with Crippen molar-refractivity contribution in [3.05, 3.63) is 45.2 Å². The average molecular weight is 559 g/mol. The summed E-state index contributed by atoms with van der Waals surface area (Å²) in [7, 11) is 1.33. The van der Waals surface area contributed by atoms with Crippen molar-refractivity contribution >= 4 is 40.0 Å². The number of carbonyl (C=O) groups excluding carboxylic acids is 1. The average Bonchev–Trinajstić information content (AvgIpc) is 3.43. The van der Waals surface area contributed by atoms with Crippen LogP contribution in [0.4, 0.5) is 33.6 Å². The minimum absolute atomic E-state index is 0.00582. The van der Waals surface area contributed by atoms with E-state index < -0.39 is 42.1 Å². The molecule has 11 nitrogen and oxygen atoms in total. The number of amides is 1. The van der Waals surface area contributed by atoms with Gasteiger partial charge in [-0.05, 0) is 25.1 Å². The summed E-state index contributed by atoms with van der Waals surface area (Å²) < 4.78 is 72.2. The first kappa shape index (κ1) is 25.6. The van der Waals surface area contributed by atoms with E-state index >= 15 is 0 Å². The van der Waals surface area contributed by atoms with Gasteiger partial charge in [0.1, 0.15) is 17.3 Å². The highest BCUT2D eigenvalue weighted by Gasteiger charge is 2.57. The van der Waals surface area contributed by atoms with Crippen LogP contribution in [0.3, 0.4) is 0 Å². The molecule has 1 aliphatic rings. The Morgan fingerprint density at radius 1 is 1.16 bits per heavy atom. The molecule has 0 bridgehead atoms. The van der Waals surface area contributed by atoms with Crippen molar-refractivity contribution in [3.63, 3.8) is 0 Å². The summed E-state index contributed by atoms with van der Waals surface area (Å²) in [5.41, 5.74) is 4.75. The second-order valence-corrected chi connectivity index (χ2v) is 9.15. The number of hydrogen-bond acceptors (Lipinski definition) is 8. The maximum absolute atomic E-state index is 13.6. The molecule has 0 saturated heterocycles. The van der Waals surface area contributed by atoms with E-state index in [0.29, 0.717) is 0 Å². The largest absolute Gasteiger partial charge is 0.453 e. The lowest BCUT2D eigenvalue weighted by molar-refractivity contribution is -0.285. The van der Waals surface area contributed by atoms with Crippen LogP contribution in [0.25, 0.3) is 22.4 Å². The van der Waals surface area contributed by atoms with E-state index in [-0.39, 0.29) is 50.5 Å². The first-order valence-corrected chi connectivity index (χ1v) is 11.2. The third-order valence-corrected chi connectivity index (χ3v) is 6.45. The number of nitrogens with zero attached hydrogens (tertiary/aromatic N) is 6. The van der Waals surface area contributed by atoms with Crippen molar-refractivity contribution in [1.29, 1.82) is 0 Å². The quantitative estimate of drug-likeness (QED) is 0.355. The smallest absolute Gasteiger partial charge is 0.391 e. The molecule has 3 aromatic heterocycles. The van der Waals surface area contributed by atoms with Crippen LogP contribution < -0.4 is 16.8 Å². The van der Waals surface area contributed by atoms with Crippen molar-refractivity contribution in [1.82, 2.24) is 29.5 Å². The molecular formula is C21H16ClF5N8O3. The summed E-state index contributed by atoms with van der Waals surface area (Å²) in [5, 5.41) is 11.1. The van der Waals surface area contributed by atoms with E-state index in [0.717, 1.165) is 9.36 Å². The Bertz CT molecular complexity index is 1680. The summed E-state index contributed by atoms with van der Waals surface area (Å²) in [4.78, 5) is 33.3. The predicted octanol–water partition coefficient (Wildman–Crippen LogP) is 3.26. The predicted molar refractivity (Wildman–Crippen MR) is 123 cm³/mol. The van der Waals surface area contributed by atoms with Crippen LogP contribution in [0.2, 0.25) is 5.02 Å². The van der Waals surface area contributed by atoms with E-state index in [1.54, 1.807) is 0 Å². The van der Waals surface area contributed by atoms with Gasteiger partial charge in [0.15, 0.2) is 11.2 Å². The topological polar surface area (TPSA) is 147 Å². The Morgan fingerprint density at radius 3 is 2.50 bits per heavy atom. The minimum Gasteiger partial charge on any atom is -0.391 e. The molecule has 1 unspecified atom stereocenters. The lowest BCUT2D eigenvalue weighted by atomic mass is 9.84. The lowest BCUT2D eigenvalue weighted by Crippen LogP contribution is -2.37. The van der Waals surface area contributed by atoms with Gasteiger partial charge in [-0.1, -0.05) is 11.6 Å². The Kier molecular flexibility index (Phi) is 5.52. The Hall–Kier alpha value is -4.08. The molecule has 38 heavy (non-hydrogen) atoms. The van der Waals surface area contributed by atoms with E-state index in [4.69, 9.17) is 21.8 Å². The first-order chi connectivity index (χ1) is 17.6. The van der Waals surface area contributed by atoms with Crippen LogP contribution in [0.15, 0.2) is 27.4 Å².